The summed E-state index contributed by atoms with van der Waals surface area (Å²) in [5.74, 6) is 0. The van der Waals surface area contributed by atoms with Crippen LogP contribution in [0, 0.1) is 0 Å². The highest BCUT2D eigenvalue weighted by atomic mass is 16.4. The minimum atomic E-state index is -1.48. The highest BCUT2D eigenvalue weighted by Crippen LogP contribution is 2.16. The Morgan fingerprint density at radius 1 is 0.561 bits per heavy atom. The Kier molecular flexibility index (Phi) is 12.4. The Morgan fingerprint density at radius 3 is 1.59 bits per heavy atom. The van der Waals surface area contributed by atoms with Crippen LogP contribution < -0.4 is 10.9 Å². The standard InChI is InChI=1S/C33H42B2N2O4/c38-34(39)32-20-10-8-18-30(32)26-36(24-28-14-4-3-5-15-28)22-12-1-2-13-23-37(25-29-16-6-7-17-29)27-31-19-9-11-21-33(31)35(40)41/h3-11,14-16,18-21,38-41H,1-2,12-13,17,22-27H2. The van der Waals surface area contributed by atoms with Crippen molar-refractivity contribution in [2.75, 3.05) is 19.6 Å². The van der Waals surface area contributed by atoms with Gasteiger partial charge in [-0.05, 0) is 60.0 Å². The number of nitrogens with zero attached hydrogens (tertiary/aromatic N) is 2. The van der Waals surface area contributed by atoms with Crippen molar-refractivity contribution >= 4 is 25.2 Å². The molecular weight excluding hydrogens is 510 g/mol. The van der Waals surface area contributed by atoms with E-state index in [4.69, 9.17) is 0 Å². The first-order valence-corrected chi connectivity index (χ1v) is 14.7. The van der Waals surface area contributed by atoms with Crippen LogP contribution in [0.1, 0.15) is 48.8 Å². The van der Waals surface area contributed by atoms with E-state index in [1.165, 1.54) is 11.1 Å². The predicted octanol–water partition coefficient (Wildman–Crippen LogP) is 3.00. The number of unbranched alkanes of at least 4 members (excludes halogenated alkanes) is 3. The minimum Gasteiger partial charge on any atom is -0.423 e. The highest BCUT2D eigenvalue weighted by Gasteiger charge is 2.19. The smallest absolute Gasteiger partial charge is 0.423 e. The second-order valence-electron chi connectivity index (χ2n) is 10.9. The van der Waals surface area contributed by atoms with Crippen LogP contribution in [-0.4, -0.2) is 63.8 Å². The fourth-order valence-electron chi connectivity index (χ4n) is 5.53. The highest BCUT2D eigenvalue weighted by molar-refractivity contribution is 6.59. The molecule has 1 aliphatic carbocycles. The Hall–Kier alpha value is -2.97. The van der Waals surface area contributed by atoms with E-state index in [1.807, 2.05) is 42.5 Å². The molecule has 0 radical (unpaired) electrons. The predicted molar refractivity (Wildman–Crippen MR) is 169 cm³/mol. The van der Waals surface area contributed by atoms with Gasteiger partial charge in [-0.1, -0.05) is 116 Å². The van der Waals surface area contributed by atoms with E-state index in [0.29, 0.717) is 24.0 Å². The minimum absolute atomic E-state index is 0.563. The van der Waals surface area contributed by atoms with Crippen LogP contribution in [0.4, 0.5) is 0 Å². The lowest BCUT2D eigenvalue weighted by Crippen LogP contribution is -2.36. The van der Waals surface area contributed by atoms with E-state index in [9.17, 15) is 20.1 Å². The fraction of sp³-hybridized carbons (Fsp3) is 0.333. The van der Waals surface area contributed by atoms with Crippen LogP contribution in [0.2, 0.25) is 0 Å². The molecule has 4 rings (SSSR count). The first-order chi connectivity index (χ1) is 20.0. The molecule has 1 aliphatic rings. The van der Waals surface area contributed by atoms with E-state index >= 15 is 0 Å². The molecular formula is C33H42B2N2O4. The molecule has 0 unspecified atom stereocenters. The topological polar surface area (TPSA) is 87.4 Å². The third-order valence-electron chi connectivity index (χ3n) is 7.68. The molecule has 0 spiro atoms. The van der Waals surface area contributed by atoms with Crippen LogP contribution in [-0.2, 0) is 19.6 Å². The Balaban J connectivity index is 1.30. The van der Waals surface area contributed by atoms with Crippen molar-refractivity contribution in [1.82, 2.24) is 9.80 Å². The van der Waals surface area contributed by atoms with Gasteiger partial charge in [-0.25, -0.2) is 0 Å². The van der Waals surface area contributed by atoms with Gasteiger partial charge >= 0.3 is 14.2 Å². The van der Waals surface area contributed by atoms with Crippen LogP contribution in [0.15, 0.2) is 103 Å². The summed E-state index contributed by atoms with van der Waals surface area (Å²) in [5.41, 5.74) is 5.67. The van der Waals surface area contributed by atoms with Gasteiger partial charge in [-0.2, -0.15) is 0 Å². The first-order valence-electron chi connectivity index (χ1n) is 14.7. The van der Waals surface area contributed by atoms with Crippen molar-refractivity contribution in [3.63, 3.8) is 0 Å². The van der Waals surface area contributed by atoms with Crippen molar-refractivity contribution < 1.29 is 20.1 Å². The second-order valence-corrected chi connectivity index (χ2v) is 10.9. The van der Waals surface area contributed by atoms with E-state index in [0.717, 1.165) is 69.4 Å². The number of hydrogen-bond acceptors (Lipinski definition) is 6. The van der Waals surface area contributed by atoms with Crippen molar-refractivity contribution in [3.05, 3.63) is 119 Å². The zero-order valence-electron chi connectivity index (χ0n) is 23.9. The number of hydrogen-bond donors (Lipinski definition) is 4. The second kappa shape index (κ2) is 16.5. The zero-order valence-corrected chi connectivity index (χ0v) is 23.9. The largest absolute Gasteiger partial charge is 0.488 e. The maximum atomic E-state index is 9.85. The van der Waals surface area contributed by atoms with Gasteiger partial charge in [0.05, 0.1) is 0 Å². The van der Waals surface area contributed by atoms with Crippen molar-refractivity contribution in [3.8, 4) is 0 Å². The third kappa shape index (κ3) is 10.1. The lowest BCUT2D eigenvalue weighted by Gasteiger charge is -2.25. The SMILES string of the molecule is OB(O)c1ccccc1CN(CCCCCCN(Cc1ccccc1)Cc1ccccc1B(O)O)CC1=CC=CC1. The van der Waals surface area contributed by atoms with Crippen LogP contribution >= 0.6 is 0 Å². The maximum Gasteiger partial charge on any atom is 0.488 e. The molecule has 214 valence electrons. The normalized spacial score (nSPS) is 12.8. The summed E-state index contributed by atoms with van der Waals surface area (Å²) in [7, 11) is -2.94. The molecule has 3 aromatic carbocycles. The molecule has 0 aromatic heterocycles. The molecule has 0 atom stereocenters. The van der Waals surface area contributed by atoms with E-state index in [1.54, 1.807) is 12.1 Å². The van der Waals surface area contributed by atoms with E-state index in [2.05, 4.69) is 52.3 Å². The molecule has 4 N–H and O–H groups in total. The van der Waals surface area contributed by atoms with Gasteiger partial charge in [-0.15, -0.1) is 0 Å². The molecule has 0 bridgehead atoms. The Labute approximate surface area is 245 Å². The van der Waals surface area contributed by atoms with Crippen LogP contribution in [0.3, 0.4) is 0 Å². The monoisotopic (exact) mass is 552 g/mol. The average molecular weight is 552 g/mol. The average Bonchev–Trinajstić information content (AvgIpc) is 3.48. The quantitative estimate of drug-likeness (QED) is 0.152. The summed E-state index contributed by atoms with van der Waals surface area (Å²) >= 11 is 0. The lowest BCUT2D eigenvalue weighted by atomic mass is 9.77. The molecule has 8 heteroatoms. The summed E-state index contributed by atoms with van der Waals surface area (Å²) in [4.78, 5) is 4.80. The lowest BCUT2D eigenvalue weighted by molar-refractivity contribution is 0.247. The molecule has 0 amide bonds. The summed E-state index contributed by atoms with van der Waals surface area (Å²) in [6.07, 6.45) is 11.8. The molecule has 0 fully saturated rings. The number of allylic oxidation sites excluding steroid dienone is 3. The van der Waals surface area contributed by atoms with Gasteiger partial charge in [-0.3, -0.25) is 9.80 Å². The molecule has 0 aliphatic heterocycles. The molecule has 0 heterocycles. The molecule has 0 saturated carbocycles. The summed E-state index contributed by atoms with van der Waals surface area (Å²) in [6.45, 7) is 4.91. The number of rotatable bonds is 17. The van der Waals surface area contributed by atoms with E-state index in [-0.39, 0.29) is 0 Å². The Morgan fingerprint density at radius 2 is 1.07 bits per heavy atom. The number of benzene rings is 3. The van der Waals surface area contributed by atoms with Crippen LogP contribution in [0.5, 0.6) is 0 Å². The Bertz CT molecular complexity index is 1270. The maximum absolute atomic E-state index is 9.85. The fourth-order valence-corrected chi connectivity index (χ4v) is 5.53. The zero-order chi connectivity index (χ0) is 28.9. The van der Waals surface area contributed by atoms with Gasteiger partial charge in [0.2, 0.25) is 0 Å². The molecule has 41 heavy (non-hydrogen) atoms. The molecule has 3 aromatic rings. The van der Waals surface area contributed by atoms with Crippen molar-refractivity contribution in [1.29, 1.82) is 0 Å². The van der Waals surface area contributed by atoms with Gasteiger partial charge in [0, 0.05) is 26.2 Å². The molecule has 0 saturated heterocycles. The van der Waals surface area contributed by atoms with Gasteiger partial charge < -0.3 is 20.1 Å². The summed E-state index contributed by atoms with van der Waals surface area (Å²) in [6, 6.07) is 25.5. The van der Waals surface area contributed by atoms with E-state index < -0.39 is 14.2 Å². The summed E-state index contributed by atoms with van der Waals surface area (Å²) in [5, 5.41) is 39.4. The first kappa shape index (κ1) is 31.0. The van der Waals surface area contributed by atoms with Crippen molar-refractivity contribution in [2.24, 2.45) is 0 Å². The third-order valence-corrected chi connectivity index (χ3v) is 7.68. The van der Waals surface area contributed by atoms with Gasteiger partial charge in [0.1, 0.15) is 0 Å². The summed E-state index contributed by atoms with van der Waals surface area (Å²) < 4.78 is 0. The van der Waals surface area contributed by atoms with Gasteiger partial charge in [0.15, 0.2) is 0 Å². The van der Waals surface area contributed by atoms with Crippen molar-refractivity contribution in [2.45, 2.75) is 51.7 Å². The van der Waals surface area contributed by atoms with Gasteiger partial charge in [0.25, 0.3) is 0 Å². The molecule has 6 nitrogen and oxygen atoms in total. The van der Waals surface area contributed by atoms with Crippen LogP contribution in [0.25, 0.3) is 0 Å².